The maximum absolute atomic E-state index is 12.8. The summed E-state index contributed by atoms with van der Waals surface area (Å²) >= 11 is 0. The first-order valence-corrected chi connectivity index (χ1v) is 8.00. The molecule has 2 heterocycles. The van der Waals surface area contributed by atoms with E-state index in [1.807, 2.05) is 25.1 Å². The van der Waals surface area contributed by atoms with Gasteiger partial charge in [0.25, 0.3) is 11.8 Å². The van der Waals surface area contributed by atoms with Crippen LogP contribution in [0.4, 0.5) is 0 Å². The summed E-state index contributed by atoms with van der Waals surface area (Å²) < 4.78 is 0. The van der Waals surface area contributed by atoms with E-state index in [1.54, 1.807) is 18.3 Å². The fourth-order valence-electron chi connectivity index (χ4n) is 3.22. The second-order valence-corrected chi connectivity index (χ2v) is 5.86. The number of rotatable bonds is 4. The number of aromatic amines is 1. The Bertz CT molecular complexity index is 925. The Morgan fingerprint density at radius 1 is 1.04 bits per heavy atom. The van der Waals surface area contributed by atoms with Gasteiger partial charge in [-0.25, -0.2) is 0 Å². The molecule has 0 atom stereocenters. The number of hydrogen-bond acceptors (Lipinski definition) is 4. The lowest BCUT2D eigenvalue weighted by Gasteiger charge is -2.27. The average molecular weight is 320 g/mol. The highest BCUT2D eigenvalue weighted by Gasteiger charge is 2.32. The first-order valence-electron chi connectivity index (χ1n) is 8.00. The Morgan fingerprint density at radius 2 is 1.79 bits per heavy atom. The fourth-order valence-corrected chi connectivity index (χ4v) is 3.22. The van der Waals surface area contributed by atoms with Crippen LogP contribution in [0.25, 0.3) is 22.0 Å². The second-order valence-electron chi connectivity index (χ2n) is 5.86. The van der Waals surface area contributed by atoms with Crippen molar-refractivity contribution in [3.05, 3.63) is 47.7 Å². The molecule has 0 spiro atoms. The van der Waals surface area contributed by atoms with Gasteiger partial charge in [0, 0.05) is 28.6 Å². The molecule has 6 heteroatoms. The maximum Gasteiger partial charge on any atom is 0.261 e. The third-order valence-electron chi connectivity index (χ3n) is 4.42. The Balaban J connectivity index is 1.95. The van der Waals surface area contributed by atoms with Crippen LogP contribution in [-0.2, 0) is 0 Å². The molecule has 0 unspecified atom stereocenters. The van der Waals surface area contributed by atoms with Gasteiger partial charge in [-0.3, -0.25) is 14.5 Å². The van der Waals surface area contributed by atoms with Crippen molar-refractivity contribution in [2.24, 2.45) is 0 Å². The molecule has 2 aromatic carbocycles. The van der Waals surface area contributed by atoms with Crippen molar-refractivity contribution in [2.45, 2.75) is 19.8 Å². The van der Waals surface area contributed by atoms with Crippen molar-refractivity contribution in [1.82, 2.24) is 20.3 Å². The molecule has 1 N–H and O–H groups in total. The van der Waals surface area contributed by atoms with Gasteiger partial charge in [-0.1, -0.05) is 31.5 Å². The number of unbranched alkanes of at least 4 members (excludes halogenated alkanes) is 1. The van der Waals surface area contributed by atoms with Crippen molar-refractivity contribution < 1.29 is 9.59 Å². The van der Waals surface area contributed by atoms with Gasteiger partial charge in [0.2, 0.25) is 0 Å². The van der Waals surface area contributed by atoms with E-state index in [0.717, 1.165) is 23.8 Å². The molecule has 120 valence electrons. The van der Waals surface area contributed by atoms with Crippen molar-refractivity contribution in [3.63, 3.8) is 0 Å². The minimum absolute atomic E-state index is 0.219. The maximum atomic E-state index is 12.8. The highest BCUT2D eigenvalue weighted by Crippen LogP contribution is 2.35. The van der Waals surface area contributed by atoms with Crippen LogP contribution < -0.4 is 0 Å². The fraction of sp³-hybridized carbons (Fsp3) is 0.222. The molecule has 4 rings (SSSR count). The van der Waals surface area contributed by atoms with E-state index in [1.165, 1.54) is 4.90 Å². The van der Waals surface area contributed by atoms with Crippen LogP contribution in [0.5, 0.6) is 0 Å². The molecule has 6 nitrogen and oxygen atoms in total. The molecule has 0 saturated carbocycles. The number of hydrogen-bond donors (Lipinski definition) is 1. The van der Waals surface area contributed by atoms with Gasteiger partial charge >= 0.3 is 0 Å². The van der Waals surface area contributed by atoms with Crippen LogP contribution in [0.15, 0.2) is 36.5 Å². The van der Waals surface area contributed by atoms with Gasteiger partial charge in [0.05, 0.1) is 6.20 Å². The zero-order chi connectivity index (χ0) is 16.7. The number of carbonyl (C=O) groups is 2. The Kier molecular flexibility index (Phi) is 3.37. The third-order valence-corrected chi connectivity index (χ3v) is 4.42. The molecule has 2 amide bonds. The summed E-state index contributed by atoms with van der Waals surface area (Å²) in [4.78, 5) is 26.9. The van der Waals surface area contributed by atoms with Gasteiger partial charge in [-0.2, -0.15) is 15.4 Å². The van der Waals surface area contributed by atoms with Crippen LogP contribution >= 0.6 is 0 Å². The Labute approximate surface area is 138 Å². The van der Waals surface area contributed by atoms with Crippen molar-refractivity contribution in [2.75, 3.05) is 6.54 Å². The quantitative estimate of drug-likeness (QED) is 0.749. The summed E-state index contributed by atoms with van der Waals surface area (Å²) in [6.07, 6.45) is 3.36. The van der Waals surface area contributed by atoms with Gasteiger partial charge < -0.3 is 0 Å². The molecule has 0 fully saturated rings. The Morgan fingerprint density at radius 3 is 2.50 bits per heavy atom. The monoisotopic (exact) mass is 320 g/mol. The molecular weight excluding hydrogens is 304 g/mol. The molecular formula is C18H16N4O2. The van der Waals surface area contributed by atoms with Gasteiger partial charge in [-0.05, 0) is 23.9 Å². The molecule has 1 aliphatic rings. The summed E-state index contributed by atoms with van der Waals surface area (Å²) in [6.45, 7) is 2.49. The normalized spacial score (nSPS) is 13.8. The van der Waals surface area contributed by atoms with Crippen LogP contribution in [0.2, 0.25) is 0 Å². The van der Waals surface area contributed by atoms with E-state index in [-0.39, 0.29) is 11.8 Å². The summed E-state index contributed by atoms with van der Waals surface area (Å²) in [6, 6.07) is 9.19. The van der Waals surface area contributed by atoms with Crippen molar-refractivity contribution in [1.29, 1.82) is 0 Å². The highest BCUT2D eigenvalue weighted by molar-refractivity contribution is 6.26. The number of benzene rings is 2. The molecule has 1 aromatic heterocycles. The van der Waals surface area contributed by atoms with Crippen molar-refractivity contribution in [3.8, 4) is 11.3 Å². The minimum atomic E-state index is -0.219. The number of H-pyrrole nitrogens is 1. The van der Waals surface area contributed by atoms with Crippen LogP contribution in [-0.4, -0.2) is 38.7 Å². The SMILES string of the molecule is CCCCN1C(=O)c2cccc3c(-c4cn[nH]n4)ccc(c23)C1=O. The topological polar surface area (TPSA) is 79.0 Å². The molecule has 0 aliphatic carbocycles. The van der Waals surface area contributed by atoms with Crippen molar-refractivity contribution >= 4 is 22.6 Å². The molecule has 24 heavy (non-hydrogen) atoms. The lowest BCUT2D eigenvalue weighted by Crippen LogP contribution is -2.40. The number of nitrogens with zero attached hydrogens (tertiary/aromatic N) is 3. The average Bonchev–Trinajstić information content (AvgIpc) is 3.13. The Hall–Kier alpha value is -3.02. The smallest absolute Gasteiger partial charge is 0.261 e. The van der Waals surface area contributed by atoms with E-state index in [0.29, 0.717) is 28.8 Å². The van der Waals surface area contributed by atoms with E-state index in [9.17, 15) is 9.59 Å². The largest absolute Gasteiger partial charge is 0.274 e. The van der Waals surface area contributed by atoms with E-state index < -0.39 is 0 Å². The predicted octanol–water partition coefficient (Wildman–Crippen LogP) is 3.02. The number of nitrogens with one attached hydrogen (secondary N) is 1. The lowest BCUT2D eigenvalue weighted by atomic mass is 9.90. The van der Waals surface area contributed by atoms with Crippen LogP contribution in [0, 0.1) is 0 Å². The first-order chi connectivity index (χ1) is 11.7. The summed E-state index contributed by atoms with van der Waals surface area (Å²) in [5.41, 5.74) is 2.69. The first kappa shape index (κ1) is 14.6. The molecule has 0 saturated heterocycles. The van der Waals surface area contributed by atoms with E-state index >= 15 is 0 Å². The number of imide groups is 1. The standard InChI is InChI=1S/C18H16N4O2/c1-2-3-9-22-17(23)13-6-4-5-12-11(15-10-19-21-20-15)7-8-14(16(12)13)18(22)24/h4-8,10H,2-3,9H2,1H3,(H,19,20,21). The second kappa shape index (κ2) is 5.56. The zero-order valence-corrected chi connectivity index (χ0v) is 13.2. The third kappa shape index (κ3) is 2.03. The van der Waals surface area contributed by atoms with E-state index in [4.69, 9.17) is 0 Å². The molecule has 1 aliphatic heterocycles. The number of amides is 2. The minimum Gasteiger partial charge on any atom is -0.274 e. The molecule has 0 bridgehead atoms. The van der Waals surface area contributed by atoms with Crippen LogP contribution in [0.1, 0.15) is 40.5 Å². The highest BCUT2D eigenvalue weighted by atomic mass is 16.2. The van der Waals surface area contributed by atoms with E-state index in [2.05, 4.69) is 15.4 Å². The molecule has 3 aromatic rings. The molecule has 0 radical (unpaired) electrons. The summed E-state index contributed by atoms with van der Waals surface area (Å²) in [7, 11) is 0. The number of aromatic nitrogens is 3. The zero-order valence-electron chi connectivity index (χ0n) is 13.2. The van der Waals surface area contributed by atoms with Gasteiger partial charge in [-0.15, -0.1) is 0 Å². The summed E-state index contributed by atoms with van der Waals surface area (Å²) in [5.74, 6) is -0.437. The van der Waals surface area contributed by atoms with Gasteiger partial charge in [0.15, 0.2) is 0 Å². The lowest BCUT2D eigenvalue weighted by molar-refractivity contribution is 0.0608. The van der Waals surface area contributed by atoms with Gasteiger partial charge in [0.1, 0.15) is 5.69 Å². The predicted molar refractivity (Wildman–Crippen MR) is 89.6 cm³/mol. The summed E-state index contributed by atoms with van der Waals surface area (Å²) in [5, 5.41) is 12.1. The number of carbonyl (C=O) groups excluding carboxylic acids is 2. The van der Waals surface area contributed by atoms with Crippen LogP contribution in [0.3, 0.4) is 0 Å².